The molecule has 0 unspecified atom stereocenters. The number of aliphatic hydroxyl groups is 2. The molecule has 0 atom stereocenters. The van der Waals surface area contributed by atoms with Crippen molar-refractivity contribution in [3.8, 4) is 0 Å². The van der Waals surface area contributed by atoms with Crippen LogP contribution in [0.15, 0.2) is 28.7 Å². The number of furan rings is 1. The van der Waals surface area contributed by atoms with Crippen molar-refractivity contribution >= 4 is 28.5 Å². The summed E-state index contributed by atoms with van der Waals surface area (Å²) in [5, 5.41) is 19.9. The Kier molecular flexibility index (Phi) is 4.56. The van der Waals surface area contributed by atoms with Crippen LogP contribution in [0.3, 0.4) is 0 Å². The van der Waals surface area contributed by atoms with Crippen LogP contribution < -0.4 is 0 Å². The molecule has 2 aromatic rings. The van der Waals surface area contributed by atoms with E-state index in [0.717, 1.165) is 5.39 Å². The van der Waals surface area contributed by atoms with Crippen molar-refractivity contribution in [1.29, 1.82) is 0 Å². The molecular formula is C15H18ClNO4. The summed E-state index contributed by atoms with van der Waals surface area (Å²) in [6.45, 7) is 1.50. The van der Waals surface area contributed by atoms with Gasteiger partial charge in [0.25, 0.3) is 5.91 Å². The van der Waals surface area contributed by atoms with Crippen molar-refractivity contribution in [3.63, 3.8) is 0 Å². The minimum Gasteiger partial charge on any atom is -0.451 e. The maximum Gasteiger partial charge on any atom is 0.289 e. The number of rotatable bonds is 5. The molecule has 0 aliphatic heterocycles. The Bertz CT molecular complexity index is 648. The minimum atomic E-state index is -0.750. The topological polar surface area (TPSA) is 73.9 Å². The van der Waals surface area contributed by atoms with Crippen molar-refractivity contribution in [3.05, 3.63) is 35.0 Å². The monoisotopic (exact) mass is 311 g/mol. The molecule has 0 fully saturated rings. The largest absolute Gasteiger partial charge is 0.451 e. The van der Waals surface area contributed by atoms with Gasteiger partial charge in [0.1, 0.15) is 5.58 Å². The molecule has 0 aliphatic carbocycles. The zero-order valence-corrected chi connectivity index (χ0v) is 12.7. The summed E-state index contributed by atoms with van der Waals surface area (Å²) in [5.41, 5.74) is -0.164. The maximum atomic E-state index is 12.3. The smallest absolute Gasteiger partial charge is 0.289 e. The summed E-state index contributed by atoms with van der Waals surface area (Å²) < 4.78 is 5.51. The number of nitrogens with zero attached hydrogens (tertiary/aromatic N) is 1. The summed E-state index contributed by atoms with van der Waals surface area (Å²) >= 11 is 5.90. The Hall–Kier alpha value is -1.56. The van der Waals surface area contributed by atoms with Crippen LogP contribution in [0.5, 0.6) is 0 Å². The lowest BCUT2D eigenvalue weighted by Crippen LogP contribution is -2.41. The molecule has 0 saturated carbocycles. The third-order valence-electron chi connectivity index (χ3n) is 3.42. The molecule has 2 N–H and O–H groups in total. The highest BCUT2D eigenvalue weighted by Crippen LogP contribution is 2.24. The van der Waals surface area contributed by atoms with Gasteiger partial charge in [-0.25, -0.2) is 0 Å². The minimum absolute atomic E-state index is 0.202. The quantitative estimate of drug-likeness (QED) is 0.887. The van der Waals surface area contributed by atoms with Gasteiger partial charge in [-0.2, -0.15) is 0 Å². The van der Waals surface area contributed by atoms with Gasteiger partial charge in [0, 0.05) is 29.4 Å². The normalized spacial score (nSPS) is 11.9. The third kappa shape index (κ3) is 3.37. The van der Waals surface area contributed by atoms with E-state index in [0.29, 0.717) is 10.6 Å². The van der Waals surface area contributed by atoms with Crippen molar-refractivity contribution in [2.45, 2.75) is 6.92 Å². The van der Waals surface area contributed by atoms with Gasteiger partial charge in [0.2, 0.25) is 0 Å². The van der Waals surface area contributed by atoms with E-state index in [-0.39, 0.29) is 31.4 Å². The van der Waals surface area contributed by atoms with Crippen molar-refractivity contribution in [2.75, 3.05) is 26.8 Å². The summed E-state index contributed by atoms with van der Waals surface area (Å²) in [5.74, 6) is -0.108. The predicted octanol–water partition coefficient (Wildman–Crippen LogP) is 2.15. The molecule has 5 nitrogen and oxygen atoms in total. The lowest BCUT2D eigenvalue weighted by molar-refractivity contribution is 0.0353. The van der Waals surface area contributed by atoms with E-state index in [1.165, 1.54) is 4.90 Å². The average Bonchev–Trinajstić information content (AvgIpc) is 2.89. The van der Waals surface area contributed by atoms with Crippen LogP contribution in [0.4, 0.5) is 0 Å². The van der Waals surface area contributed by atoms with Gasteiger partial charge in [-0.15, -0.1) is 0 Å². The molecule has 1 aromatic carbocycles. The first-order valence-electron chi connectivity index (χ1n) is 6.55. The van der Waals surface area contributed by atoms with Gasteiger partial charge >= 0.3 is 0 Å². The molecule has 0 radical (unpaired) electrons. The van der Waals surface area contributed by atoms with E-state index in [9.17, 15) is 15.0 Å². The highest BCUT2D eigenvalue weighted by molar-refractivity contribution is 6.31. The van der Waals surface area contributed by atoms with Gasteiger partial charge in [0.15, 0.2) is 5.76 Å². The van der Waals surface area contributed by atoms with Crippen molar-refractivity contribution < 1.29 is 19.4 Å². The zero-order valence-electron chi connectivity index (χ0n) is 12.0. The molecule has 0 aliphatic rings. The highest BCUT2D eigenvalue weighted by atomic mass is 35.5. The number of carbonyl (C=O) groups excluding carboxylic acids is 1. The molecule has 2 rings (SSSR count). The fraction of sp³-hybridized carbons (Fsp3) is 0.400. The number of hydrogen-bond donors (Lipinski definition) is 2. The number of benzene rings is 1. The molecule has 0 saturated heterocycles. The van der Waals surface area contributed by atoms with Crippen LogP contribution >= 0.6 is 11.6 Å². The first kappa shape index (κ1) is 15.8. The fourth-order valence-corrected chi connectivity index (χ4v) is 2.28. The van der Waals surface area contributed by atoms with E-state index in [2.05, 4.69) is 0 Å². The molecule has 6 heteroatoms. The van der Waals surface area contributed by atoms with Crippen LogP contribution in [0, 0.1) is 5.41 Å². The standard InChI is InChI=1S/C15H18ClNO4/c1-15(8-18,9-19)7-17(2)14(20)13-6-10-5-11(16)3-4-12(10)21-13/h3-6,18-19H,7-9H2,1-2H3. The van der Waals surface area contributed by atoms with Gasteiger partial charge in [-0.3, -0.25) is 4.79 Å². The highest BCUT2D eigenvalue weighted by Gasteiger charge is 2.28. The first-order valence-corrected chi connectivity index (χ1v) is 6.92. The molecule has 1 heterocycles. The Labute approximate surface area is 127 Å². The van der Waals surface area contributed by atoms with E-state index in [4.69, 9.17) is 16.0 Å². The zero-order chi connectivity index (χ0) is 15.6. The number of carbonyl (C=O) groups is 1. The summed E-state index contributed by atoms with van der Waals surface area (Å²) in [7, 11) is 1.60. The summed E-state index contributed by atoms with van der Waals surface area (Å²) in [6, 6.07) is 6.76. The Balaban J connectivity index is 2.21. The van der Waals surface area contributed by atoms with Crippen LogP contribution in [0.2, 0.25) is 5.02 Å². The second kappa shape index (κ2) is 6.05. The molecule has 21 heavy (non-hydrogen) atoms. The second-order valence-corrected chi connectivity index (χ2v) is 6.02. The maximum absolute atomic E-state index is 12.3. The third-order valence-corrected chi connectivity index (χ3v) is 3.65. The van der Waals surface area contributed by atoms with Crippen LogP contribution in [0.25, 0.3) is 11.0 Å². The fourth-order valence-electron chi connectivity index (χ4n) is 2.10. The number of halogens is 1. The second-order valence-electron chi connectivity index (χ2n) is 5.58. The molecule has 1 amide bonds. The number of aliphatic hydroxyl groups excluding tert-OH is 2. The van der Waals surface area contributed by atoms with Gasteiger partial charge in [-0.05, 0) is 24.3 Å². The summed E-state index contributed by atoms with van der Waals surface area (Å²) in [4.78, 5) is 13.8. The van der Waals surface area contributed by atoms with E-state index in [1.807, 2.05) is 0 Å². The van der Waals surface area contributed by atoms with Crippen LogP contribution in [0.1, 0.15) is 17.5 Å². The lowest BCUT2D eigenvalue weighted by atomic mass is 9.92. The Morgan fingerprint density at radius 1 is 1.33 bits per heavy atom. The molecule has 0 bridgehead atoms. The molecule has 1 aromatic heterocycles. The molecular weight excluding hydrogens is 294 g/mol. The SMILES string of the molecule is CN(CC(C)(CO)CO)C(=O)c1cc2cc(Cl)ccc2o1. The number of fused-ring (bicyclic) bond motifs is 1. The van der Waals surface area contributed by atoms with Crippen LogP contribution in [-0.4, -0.2) is 47.8 Å². The molecule has 0 spiro atoms. The van der Waals surface area contributed by atoms with E-state index in [1.54, 1.807) is 38.2 Å². The molecule has 114 valence electrons. The lowest BCUT2D eigenvalue weighted by Gasteiger charge is -2.29. The number of amides is 1. The summed E-state index contributed by atoms with van der Waals surface area (Å²) in [6.07, 6.45) is 0. The number of hydrogen-bond acceptors (Lipinski definition) is 4. The predicted molar refractivity (Wildman–Crippen MR) is 80.5 cm³/mol. The van der Waals surface area contributed by atoms with E-state index < -0.39 is 5.41 Å². The van der Waals surface area contributed by atoms with Gasteiger partial charge in [-0.1, -0.05) is 18.5 Å². The van der Waals surface area contributed by atoms with Gasteiger partial charge < -0.3 is 19.5 Å². The van der Waals surface area contributed by atoms with Crippen molar-refractivity contribution in [1.82, 2.24) is 4.90 Å². The first-order chi connectivity index (χ1) is 9.88. The Morgan fingerprint density at radius 3 is 2.62 bits per heavy atom. The van der Waals surface area contributed by atoms with Gasteiger partial charge in [0.05, 0.1) is 13.2 Å². The van der Waals surface area contributed by atoms with Crippen molar-refractivity contribution in [2.24, 2.45) is 5.41 Å². The van der Waals surface area contributed by atoms with Crippen LogP contribution in [-0.2, 0) is 0 Å². The average molecular weight is 312 g/mol. The Morgan fingerprint density at radius 2 is 2.00 bits per heavy atom. The van der Waals surface area contributed by atoms with E-state index >= 15 is 0 Å².